The molecule has 0 spiro atoms. The van der Waals surface area contributed by atoms with Crippen molar-refractivity contribution in [2.45, 2.75) is 13.1 Å². The molecule has 0 atom stereocenters. The molecule has 3 nitrogen and oxygen atoms in total. The molecule has 0 aliphatic heterocycles. The van der Waals surface area contributed by atoms with Crippen LogP contribution in [0.15, 0.2) is 47.6 Å². The summed E-state index contributed by atoms with van der Waals surface area (Å²) in [5.74, 6) is -0.364. The first kappa shape index (κ1) is 16.8. The number of benzene rings is 2. The zero-order valence-corrected chi connectivity index (χ0v) is 12.5. The molecule has 0 saturated carbocycles. The summed E-state index contributed by atoms with van der Waals surface area (Å²) >= 11 is 0. The van der Waals surface area contributed by atoms with Crippen LogP contribution in [0.3, 0.4) is 0 Å². The molecule has 0 saturated heterocycles. The molecule has 122 valence electrons. The molecule has 2 N–H and O–H groups in total. The Bertz CT molecular complexity index is 706. The molecule has 7 heteroatoms. The van der Waals surface area contributed by atoms with Crippen molar-refractivity contribution in [3.8, 4) is 0 Å². The maximum absolute atomic E-state index is 12.8. The van der Waals surface area contributed by atoms with Gasteiger partial charge in [0.25, 0.3) is 0 Å². The van der Waals surface area contributed by atoms with Crippen molar-refractivity contribution >= 4 is 17.1 Å². The topological polar surface area (TPSA) is 36.4 Å². The Kier molecular flexibility index (Phi) is 4.88. The summed E-state index contributed by atoms with van der Waals surface area (Å²) in [6, 6.07) is 8.99. The van der Waals surface area contributed by atoms with Crippen LogP contribution in [0.5, 0.6) is 0 Å². The molecule has 0 radical (unpaired) electrons. The molecule has 2 rings (SSSR count). The quantitative estimate of drug-likeness (QED) is 0.485. The van der Waals surface area contributed by atoms with Crippen molar-refractivity contribution in [2.24, 2.45) is 5.10 Å². The van der Waals surface area contributed by atoms with Crippen LogP contribution in [0.2, 0.25) is 0 Å². The summed E-state index contributed by atoms with van der Waals surface area (Å²) in [4.78, 5) is 0. The number of rotatable bonds is 4. The third-order valence-corrected chi connectivity index (χ3v) is 3.20. The second kappa shape index (κ2) is 6.68. The highest BCUT2D eigenvalue weighted by atomic mass is 19.4. The lowest BCUT2D eigenvalue weighted by Gasteiger charge is -2.13. The number of nitrogens with zero attached hydrogens (tertiary/aromatic N) is 1. The van der Waals surface area contributed by atoms with Crippen molar-refractivity contribution < 1.29 is 17.6 Å². The van der Waals surface area contributed by atoms with E-state index in [-0.39, 0.29) is 5.82 Å². The van der Waals surface area contributed by atoms with Gasteiger partial charge in [0, 0.05) is 18.3 Å². The highest BCUT2D eigenvalue weighted by Gasteiger charge is 2.31. The third kappa shape index (κ3) is 4.21. The molecule has 0 amide bonds. The van der Waals surface area contributed by atoms with Crippen LogP contribution in [0, 0.1) is 5.82 Å². The number of alkyl halides is 3. The van der Waals surface area contributed by atoms with Gasteiger partial charge in [-0.1, -0.05) is 6.07 Å². The van der Waals surface area contributed by atoms with E-state index in [0.717, 1.165) is 12.1 Å². The van der Waals surface area contributed by atoms with E-state index in [0.29, 0.717) is 22.6 Å². The van der Waals surface area contributed by atoms with Crippen LogP contribution in [-0.4, -0.2) is 12.8 Å². The second-order valence-electron chi connectivity index (χ2n) is 4.82. The maximum Gasteiger partial charge on any atom is 0.416 e. The number of hydrogen-bond acceptors (Lipinski definition) is 3. The van der Waals surface area contributed by atoms with E-state index < -0.39 is 11.7 Å². The Labute approximate surface area is 131 Å². The lowest BCUT2D eigenvalue weighted by molar-refractivity contribution is -0.137. The van der Waals surface area contributed by atoms with E-state index in [1.54, 1.807) is 14.0 Å². The zero-order valence-electron chi connectivity index (χ0n) is 12.5. The summed E-state index contributed by atoms with van der Waals surface area (Å²) in [7, 11) is 1.54. The number of hydrogen-bond donors (Lipinski definition) is 2. The molecule has 2 aromatic carbocycles. The summed E-state index contributed by atoms with van der Waals surface area (Å²) in [5.41, 5.74) is 3.93. The summed E-state index contributed by atoms with van der Waals surface area (Å²) in [6.07, 6.45) is -4.40. The van der Waals surface area contributed by atoms with Crippen molar-refractivity contribution in [3.05, 3.63) is 59.4 Å². The van der Waals surface area contributed by atoms with Gasteiger partial charge in [-0.2, -0.15) is 18.3 Å². The predicted octanol–water partition coefficient (Wildman–Crippen LogP) is 4.72. The molecule has 0 aliphatic carbocycles. The van der Waals surface area contributed by atoms with E-state index in [9.17, 15) is 17.6 Å². The average Bonchev–Trinajstić information content (AvgIpc) is 2.52. The number of nitrogens with one attached hydrogen (secondary N) is 2. The monoisotopic (exact) mass is 325 g/mol. The molecule has 23 heavy (non-hydrogen) atoms. The van der Waals surface area contributed by atoms with Crippen LogP contribution >= 0.6 is 0 Å². The van der Waals surface area contributed by atoms with E-state index in [2.05, 4.69) is 15.8 Å². The Morgan fingerprint density at radius 2 is 1.70 bits per heavy atom. The van der Waals surface area contributed by atoms with Gasteiger partial charge in [-0.3, -0.25) is 5.43 Å². The van der Waals surface area contributed by atoms with Crippen molar-refractivity contribution in [1.29, 1.82) is 0 Å². The van der Waals surface area contributed by atoms with Crippen molar-refractivity contribution in [1.82, 2.24) is 0 Å². The minimum atomic E-state index is -4.40. The normalized spacial score (nSPS) is 12.2. The SMILES string of the molecule is CNc1cc(C(F)(F)F)ccc1/C(C)=N/Nc1ccc(F)cc1. The number of halogens is 4. The second-order valence-corrected chi connectivity index (χ2v) is 4.82. The first-order chi connectivity index (χ1) is 10.8. The Morgan fingerprint density at radius 3 is 2.26 bits per heavy atom. The zero-order chi connectivity index (χ0) is 17.0. The standard InChI is InChI=1S/C16H15F4N3/c1-10(22-23-13-6-4-12(17)5-7-13)14-8-3-11(16(18,19)20)9-15(14)21-2/h3-9,21,23H,1-2H3/b22-10+. The van der Waals surface area contributed by atoms with Gasteiger partial charge in [-0.05, 0) is 43.3 Å². The molecule has 2 aromatic rings. The molecule has 0 bridgehead atoms. The van der Waals surface area contributed by atoms with E-state index in [4.69, 9.17) is 0 Å². The van der Waals surface area contributed by atoms with Gasteiger partial charge in [0.2, 0.25) is 0 Å². The van der Waals surface area contributed by atoms with Gasteiger partial charge in [-0.25, -0.2) is 4.39 Å². The average molecular weight is 325 g/mol. The van der Waals surface area contributed by atoms with Crippen LogP contribution in [-0.2, 0) is 6.18 Å². The van der Waals surface area contributed by atoms with Gasteiger partial charge in [-0.15, -0.1) is 0 Å². The minimum absolute atomic E-state index is 0.321. The predicted molar refractivity (Wildman–Crippen MR) is 83.2 cm³/mol. The highest BCUT2D eigenvalue weighted by molar-refractivity contribution is 6.03. The van der Waals surface area contributed by atoms with E-state index >= 15 is 0 Å². The van der Waals surface area contributed by atoms with Crippen LogP contribution in [0.1, 0.15) is 18.1 Å². The van der Waals surface area contributed by atoms with Gasteiger partial charge in [0.15, 0.2) is 0 Å². The molecule has 0 heterocycles. The third-order valence-electron chi connectivity index (χ3n) is 3.20. The minimum Gasteiger partial charge on any atom is -0.388 e. The Morgan fingerprint density at radius 1 is 1.04 bits per heavy atom. The molecular weight excluding hydrogens is 310 g/mol. The highest BCUT2D eigenvalue weighted by Crippen LogP contribution is 2.32. The van der Waals surface area contributed by atoms with Crippen LogP contribution in [0.4, 0.5) is 28.9 Å². The first-order valence-corrected chi connectivity index (χ1v) is 6.76. The van der Waals surface area contributed by atoms with Gasteiger partial charge in [0.1, 0.15) is 5.82 Å². The van der Waals surface area contributed by atoms with E-state index in [1.807, 2.05) is 0 Å². The summed E-state index contributed by atoms with van der Waals surface area (Å²) in [6.45, 7) is 1.67. The van der Waals surface area contributed by atoms with Crippen molar-refractivity contribution in [3.63, 3.8) is 0 Å². The summed E-state index contributed by atoms with van der Waals surface area (Å²) < 4.78 is 51.0. The van der Waals surface area contributed by atoms with Gasteiger partial charge in [0.05, 0.1) is 17.0 Å². The van der Waals surface area contributed by atoms with Crippen LogP contribution < -0.4 is 10.7 Å². The smallest absolute Gasteiger partial charge is 0.388 e. The molecule has 0 unspecified atom stereocenters. The van der Waals surface area contributed by atoms with E-state index in [1.165, 1.54) is 30.3 Å². The lowest BCUT2D eigenvalue weighted by Crippen LogP contribution is -2.09. The first-order valence-electron chi connectivity index (χ1n) is 6.76. The Hall–Kier alpha value is -2.57. The Balaban J connectivity index is 2.25. The van der Waals surface area contributed by atoms with Gasteiger partial charge >= 0.3 is 6.18 Å². The molecule has 0 fully saturated rings. The van der Waals surface area contributed by atoms with Crippen molar-refractivity contribution in [2.75, 3.05) is 17.8 Å². The fourth-order valence-electron chi connectivity index (χ4n) is 1.98. The summed E-state index contributed by atoms with van der Waals surface area (Å²) in [5, 5.41) is 6.85. The molecular formula is C16H15F4N3. The molecule has 0 aliphatic rings. The largest absolute Gasteiger partial charge is 0.416 e. The van der Waals surface area contributed by atoms with Gasteiger partial charge < -0.3 is 5.32 Å². The fourth-order valence-corrected chi connectivity index (χ4v) is 1.98. The number of anilines is 2. The lowest BCUT2D eigenvalue weighted by atomic mass is 10.1. The maximum atomic E-state index is 12.8. The fraction of sp³-hybridized carbons (Fsp3) is 0.188. The molecule has 0 aromatic heterocycles. The number of hydrazone groups is 1. The van der Waals surface area contributed by atoms with Crippen LogP contribution in [0.25, 0.3) is 0 Å².